The number of nitrogens with one attached hydrogen (secondary N) is 1. The number of non-ortho nitro benzene ring substituents is 1. The molecule has 1 atom stereocenters. The number of nitro benzene ring substituents is 1. The van der Waals surface area contributed by atoms with Gasteiger partial charge in [0.1, 0.15) is 0 Å². The molecule has 0 aromatic heterocycles. The first-order valence-corrected chi connectivity index (χ1v) is 10.2. The Morgan fingerprint density at radius 1 is 0.893 bits per heavy atom. The van der Waals surface area contributed by atoms with E-state index >= 15 is 0 Å². The standard InChI is InChI=1S/C21H20N2O4S/c1-15-8-6-7-11-19(15)21(17-9-4-3-5-10-17)22-28(26,27)20-14-18(23(24)25)13-12-16(20)2/h3-14,21-22H,1-2H3/t21-/m0/s1. The van der Waals surface area contributed by atoms with E-state index in [0.717, 1.165) is 22.8 Å². The molecule has 0 aliphatic rings. The third kappa shape index (κ3) is 4.11. The van der Waals surface area contributed by atoms with Gasteiger partial charge in [-0.2, -0.15) is 4.72 Å². The molecule has 0 radical (unpaired) electrons. The molecule has 6 nitrogen and oxygen atoms in total. The predicted molar refractivity (Wildman–Crippen MR) is 108 cm³/mol. The van der Waals surface area contributed by atoms with Crippen molar-refractivity contribution in [2.45, 2.75) is 24.8 Å². The average Bonchev–Trinajstić information content (AvgIpc) is 2.67. The summed E-state index contributed by atoms with van der Waals surface area (Å²) in [5, 5.41) is 11.1. The first-order valence-electron chi connectivity index (χ1n) is 8.67. The van der Waals surface area contributed by atoms with Gasteiger partial charge in [-0.15, -0.1) is 0 Å². The second-order valence-electron chi connectivity index (χ2n) is 6.53. The Labute approximate surface area is 164 Å². The fourth-order valence-electron chi connectivity index (χ4n) is 3.08. The number of nitrogens with zero attached hydrogens (tertiary/aromatic N) is 1. The van der Waals surface area contributed by atoms with Gasteiger partial charge in [-0.3, -0.25) is 10.1 Å². The van der Waals surface area contributed by atoms with E-state index in [9.17, 15) is 18.5 Å². The molecule has 0 spiro atoms. The molecule has 0 heterocycles. The van der Waals surface area contributed by atoms with Gasteiger partial charge in [0, 0.05) is 12.1 Å². The molecule has 0 saturated carbocycles. The lowest BCUT2D eigenvalue weighted by Gasteiger charge is -2.22. The normalized spacial score (nSPS) is 12.5. The summed E-state index contributed by atoms with van der Waals surface area (Å²) in [6, 6.07) is 20.0. The van der Waals surface area contributed by atoms with Gasteiger partial charge in [0.2, 0.25) is 10.0 Å². The first kappa shape index (κ1) is 19.7. The molecule has 0 amide bonds. The summed E-state index contributed by atoms with van der Waals surface area (Å²) in [7, 11) is -4.01. The van der Waals surface area contributed by atoms with Crippen molar-refractivity contribution in [1.82, 2.24) is 4.72 Å². The van der Waals surface area contributed by atoms with Crippen molar-refractivity contribution in [3.8, 4) is 0 Å². The number of aryl methyl sites for hydroxylation is 2. The molecule has 0 saturated heterocycles. The van der Waals surface area contributed by atoms with Crippen LogP contribution in [0.5, 0.6) is 0 Å². The molecule has 7 heteroatoms. The summed E-state index contributed by atoms with van der Waals surface area (Å²) in [4.78, 5) is 10.4. The van der Waals surface area contributed by atoms with Gasteiger partial charge < -0.3 is 0 Å². The zero-order valence-corrected chi connectivity index (χ0v) is 16.3. The van der Waals surface area contributed by atoms with Crippen molar-refractivity contribution in [3.63, 3.8) is 0 Å². The Morgan fingerprint density at radius 2 is 1.54 bits per heavy atom. The molecule has 1 N–H and O–H groups in total. The zero-order chi connectivity index (χ0) is 20.3. The maximum atomic E-state index is 13.2. The number of rotatable bonds is 6. The predicted octanol–water partition coefficient (Wildman–Crippen LogP) is 4.28. The van der Waals surface area contributed by atoms with Crippen LogP contribution in [-0.4, -0.2) is 13.3 Å². The highest BCUT2D eigenvalue weighted by atomic mass is 32.2. The Hall–Kier alpha value is -3.03. The van der Waals surface area contributed by atoms with Gasteiger partial charge in [-0.05, 0) is 36.1 Å². The smallest absolute Gasteiger partial charge is 0.258 e. The fourth-order valence-corrected chi connectivity index (χ4v) is 4.55. The van der Waals surface area contributed by atoms with E-state index in [2.05, 4.69) is 4.72 Å². The molecule has 0 bridgehead atoms. The van der Waals surface area contributed by atoms with Crippen LogP contribution in [0.4, 0.5) is 5.69 Å². The van der Waals surface area contributed by atoms with E-state index in [4.69, 9.17) is 0 Å². The van der Waals surface area contributed by atoms with Gasteiger partial charge in [-0.1, -0.05) is 60.7 Å². The van der Waals surface area contributed by atoms with Crippen LogP contribution in [0.15, 0.2) is 77.7 Å². The van der Waals surface area contributed by atoms with Gasteiger partial charge in [0.15, 0.2) is 0 Å². The highest BCUT2D eigenvalue weighted by Crippen LogP contribution is 2.29. The Kier molecular flexibility index (Phi) is 5.58. The molecule has 3 rings (SSSR count). The van der Waals surface area contributed by atoms with E-state index in [1.54, 1.807) is 6.92 Å². The summed E-state index contributed by atoms with van der Waals surface area (Å²) in [6.07, 6.45) is 0. The highest BCUT2D eigenvalue weighted by molar-refractivity contribution is 7.89. The summed E-state index contributed by atoms with van der Waals surface area (Å²) in [6.45, 7) is 3.53. The SMILES string of the molecule is Cc1ccccc1[C@@H](NS(=O)(=O)c1cc([N+](=O)[O-])ccc1C)c1ccccc1. The van der Waals surface area contributed by atoms with Crippen LogP contribution in [0.25, 0.3) is 0 Å². The molecule has 0 aliphatic heterocycles. The van der Waals surface area contributed by atoms with E-state index in [1.807, 2.05) is 61.5 Å². The number of hydrogen-bond donors (Lipinski definition) is 1. The van der Waals surface area contributed by atoms with Crippen molar-refractivity contribution < 1.29 is 13.3 Å². The van der Waals surface area contributed by atoms with Crippen LogP contribution in [0.1, 0.15) is 28.3 Å². The molecule has 0 aliphatic carbocycles. The van der Waals surface area contributed by atoms with Gasteiger partial charge in [-0.25, -0.2) is 8.42 Å². The van der Waals surface area contributed by atoms with Crippen molar-refractivity contribution in [3.05, 3.63) is 105 Å². The highest BCUT2D eigenvalue weighted by Gasteiger charge is 2.26. The lowest BCUT2D eigenvalue weighted by Crippen LogP contribution is -2.30. The molecule has 3 aromatic carbocycles. The molecular formula is C21H20N2O4S. The molecule has 0 unspecified atom stereocenters. The first-order chi connectivity index (χ1) is 13.3. The van der Waals surface area contributed by atoms with Crippen LogP contribution in [0, 0.1) is 24.0 Å². The fraction of sp³-hybridized carbons (Fsp3) is 0.143. The summed E-state index contributed by atoms with van der Waals surface area (Å²) < 4.78 is 29.1. The molecule has 0 fully saturated rings. The minimum Gasteiger partial charge on any atom is -0.258 e. The van der Waals surface area contributed by atoms with Crippen molar-refractivity contribution in [2.75, 3.05) is 0 Å². The Bertz CT molecular complexity index is 1110. The minimum absolute atomic E-state index is 0.101. The number of sulfonamides is 1. The van der Waals surface area contributed by atoms with Crippen LogP contribution in [-0.2, 0) is 10.0 Å². The maximum Gasteiger partial charge on any atom is 0.270 e. The number of benzene rings is 3. The second kappa shape index (κ2) is 7.92. The minimum atomic E-state index is -4.01. The lowest BCUT2D eigenvalue weighted by atomic mass is 9.96. The summed E-state index contributed by atoms with van der Waals surface area (Å²) in [5.74, 6) is 0. The molecule has 144 valence electrons. The number of hydrogen-bond acceptors (Lipinski definition) is 4. The monoisotopic (exact) mass is 396 g/mol. The van der Waals surface area contributed by atoms with Crippen LogP contribution in [0.3, 0.4) is 0 Å². The largest absolute Gasteiger partial charge is 0.270 e. The van der Waals surface area contributed by atoms with Gasteiger partial charge in [0.05, 0.1) is 15.9 Å². The quantitative estimate of drug-likeness (QED) is 0.497. The number of nitro groups is 1. The van der Waals surface area contributed by atoms with Crippen molar-refractivity contribution in [2.24, 2.45) is 0 Å². The third-order valence-electron chi connectivity index (χ3n) is 4.58. The van der Waals surface area contributed by atoms with Crippen LogP contribution < -0.4 is 4.72 Å². The summed E-state index contributed by atoms with van der Waals surface area (Å²) >= 11 is 0. The summed E-state index contributed by atoms with van der Waals surface area (Å²) in [5.41, 5.74) is 2.71. The van der Waals surface area contributed by atoms with E-state index < -0.39 is 21.0 Å². The van der Waals surface area contributed by atoms with E-state index in [0.29, 0.717) is 5.56 Å². The topological polar surface area (TPSA) is 89.3 Å². The van der Waals surface area contributed by atoms with Crippen molar-refractivity contribution in [1.29, 1.82) is 0 Å². The van der Waals surface area contributed by atoms with Crippen LogP contribution >= 0.6 is 0 Å². The molecular weight excluding hydrogens is 376 g/mol. The third-order valence-corrected chi connectivity index (χ3v) is 6.14. The van der Waals surface area contributed by atoms with Gasteiger partial charge in [0.25, 0.3) is 5.69 Å². The Balaban J connectivity index is 2.10. The maximum absolute atomic E-state index is 13.2. The Morgan fingerprint density at radius 3 is 2.18 bits per heavy atom. The van der Waals surface area contributed by atoms with Crippen LogP contribution in [0.2, 0.25) is 0 Å². The second-order valence-corrected chi connectivity index (χ2v) is 8.21. The molecule has 3 aromatic rings. The lowest BCUT2D eigenvalue weighted by molar-refractivity contribution is -0.385. The van der Waals surface area contributed by atoms with Gasteiger partial charge >= 0.3 is 0 Å². The molecule has 28 heavy (non-hydrogen) atoms. The van der Waals surface area contributed by atoms with E-state index in [-0.39, 0.29) is 10.6 Å². The van der Waals surface area contributed by atoms with Crippen molar-refractivity contribution >= 4 is 15.7 Å². The van der Waals surface area contributed by atoms with E-state index in [1.165, 1.54) is 12.1 Å². The average molecular weight is 396 g/mol. The zero-order valence-electron chi connectivity index (χ0n) is 15.5.